The van der Waals surface area contributed by atoms with Crippen LogP contribution in [0.3, 0.4) is 0 Å². The second kappa shape index (κ2) is 6.80. The van der Waals surface area contributed by atoms with Crippen LogP contribution in [-0.4, -0.2) is 19.1 Å². The molecule has 0 aliphatic rings. The van der Waals surface area contributed by atoms with E-state index in [1.54, 1.807) is 6.08 Å². The van der Waals surface area contributed by atoms with Gasteiger partial charge in [-0.3, -0.25) is 4.79 Å². The van der Waals surface area contributed by atoms with Crippen molar-refractivity contribution in [3.05, 3.63) is 48.6 Å². The number of nitrogens with two attached hydrogens (primary N) is 1. The molecule has 0 saturated carbocycles. The number of benzene rings is 1. The van der Waals surface area contributed by atoms with Crippen molar-refractivity contribution < 1.29 is 9.53 Å². The summed E-state index contributed by atoms with van der Waals surface area (Å²) >= 11 is 0. The number of esters is 1. The summed E-state index contributed by atoms with van der Waals surface area (Å²) in [7, 11) is 0. The molecule has 0 spiro atoms. The van der Waals surface area contributed by atoms with Crippen molar-refractivity contribution >= 4 is 5.97 Å². The molecule has 86 valence electrons. The molecule has 0 aromatic heterocycles. The quantitative estimate of drug-likeness (QED) is 0.583. The van der Waals surface area contributed by atoms with Crippen LogP contribution in [0.1, 0.15) is 5.56 Å². The van der Waals surface area contributed by atoms with Gasteiger partial charge in [-0.25, -0.2) is 0 Å². The van der Waals surface area contributed by atoms with Gasteiger partial charge in [-0.1, -0.05) is 43.0 Å². The lowest BCUT2D eigenvalue weighted by Crippen LogP contribution is -2.27. The zero-order valence-electron chi connectivity index (χ0n) is 9.26. The monoisotopic (exact) mass is 219 g/mol. The van der Waals surface area contributed by atoms with Gasteiger partial charge in [-0.2, -0.15) is 0 Å². The zero-order chi connectivity index (χ0) is 11.8. The first kappa shape index (κ1) is 12.5. The fourth-order valence-corrected chi connectivity index (χ4v) is 1.42. The largest absolute Gasteiger partial charge is 0.461 e. The second-order valence-electron chi connectivity index (χ2n) is 3.54. The minimum absolute atomic E-state index is 0.240. The maximum atomic E-state index is 11.6. The summed E-state index contributed by atoms with van der Waals surface area (Å²) in [5.41, 5.74) is 6.66. The van der Waals surface area contributed by atoms with Crippen LogP contribution in [0.5, 0.6) is 0 Å². The lowest BCUT2D eigenvalue weighted by molar-refractivity contribution is -0.146. The predicted octanol–water partition coefficient (Wildman–Crippen LogP) is 1.53. The van der Waals surface area contributed by atoms with Gasteiger partial charge in [0.05, 0.1) is 5.92 Å². The first-order chi connectivity index (χ1) is 7.77. The fourth-order valence-electron chi connectivity index (χ4n) is 1.42. The van der Waals surface area contributed by atoms with E-state index in [0.717, 1.165) is 5.56 Å². The van der Waals surface area contributed by atoms with Gasteiger partial charge >= 0.3 is 5.97 Å². The van der Waals surface area contributed by atoms with E-state index in [-0.39, 0.29) is 18.5 Å². The fraction of sp³-hybridized carbons (Fsp3) is 0.308. The van der Waals surface area contributed by atoms with Crippen LogP contribution in [0.4, 0.5) is 0 Å². The van der Waals surface area contributed by atoms with E-state index in [1.165, 1.54) is 0 Å². The molecule has 16 heavy (non-hydrogen) atoms. The van der Waals surface area contributed by atoms with E-state index in [4.69, 9.17) is 10.5 Å². The van der Waals surface area contributed by atoms with Gasteiger partial charge in [0.1, 0.15) is 6.61 Å². The number of hydrogen-bond acceptors (Lipinski definition) is 3. The average molecular weight is 219 g/mol. The van der Waals surface area contributed by atoms with E-state index < -0.39 is 0 Å². The Balaban J connectivity index is 2.55. The molecule has 0 radical (unpaired) electrons. The van der Waals surface area contributed by atoms with Gasteiger partial charge in [-0.15, -0.1) is 0 Å². The van der Waals surface area contributed by atoms with Gasteiger partial charge in [-0.05, 0) is 12.0 Å². The second-order valence-corrected chi connectivity index (χ2v) is 3.54. The van der Waals surface area contributed by atoms with Gasteiger partial charge < -0.3 is 10.5 Å². The maximum Gasteiger partial charge on any atom is 0.310 e. The SMILES string of the molecule is C=CCOC(=O)C(CN)Cc1ccccc1. The molecule has 2 N–H and O–H groups in total. The molecule has 0 heterocycles. The Hall–Kier alpha value is -1.61. The summed E-state index contributed by atoms with van der Waals surface area (Å²) in [4.78, 5) is 11.6. The molecule has 1 atom stereocenters. The van der Waals surface area contributed by atoms with E-state index in [0.29, 0.717) is 13.0 Å². The van der Waals surface area contributed by atoms with E-state index >= 15 is 0 Å². The highest BCUT2D eigenvalue weighted by molar-refractivity contribution is 5.73. The standard InChI is InChI=1S/C13H17NO2/c1-2-8-16-13(15)12(10-14)9-11-6-4-3-5-7-11/h2-7,12H,1,8-10,14H2. The van der Waals surface area contributed by atoms with Crippen LogP contribution in [-0.2, 0) is 16.0 Å². The summed E-state index contributed by atoms with van der Waals surface area (Å²) in [5, 5.41) is 0. The van der Waals surface area contributed by atoms with Gasteiger partial charge in [0, 0.05) is 6.54 Å². The minimum atomic E-state index is -0.276. The Labute approximate surface area is 95.9 Å². The van der Waals surface area contributed by atoms with E-state index in [9.17, 15) is 4.79 Å². The Morgan fingerprint density at radius 3 is 2.69 bits per heavy atom. The van der Waals surface area contributed by atoms with Crippen LogP contribution in [0.25, 0.3) is 0 Å². The molecular formula is C13H17NO2. The first-order valence-electron chi connectivity index (χ1n) is 5.29. The van der Waals surface area contributed by atoms with Crippen molar-refractivity contribution in [2.45, 2.75) is 6.42 Å². The molecule has 1 rings (SSSR count). The maximum absolute atomic E-state index is 11.6. The summed E-state index contributed by atoms with van der Waals surface area (Å²) in [6.07, 6.45) is 2.17. The molecule has 3 heteroatoms. The van der Waals surface area contributed by atoms with E-state index in [1.807, 2.05) is 30.3 Å². The molecule has 1 aromatic rings. The van der Waals surface area contributed by atoms with Crippen LogP contribution in [0.2, 0.25) is 0 Å². The predicted molar refractivity (Wildman–Crippen MR) is 63.8 cm³/mol. The summed E-state index contributed by atoms with van der Waals surface area (Å²) in [5.74, 6) is -0.534. The Morgan fingerprint density at radius 1 is 1.44 bits per heavy atom. The summed E-state index contributed by atoms with van der Waals surface area (Å²) in [6, 6.07) is 9.78. The highest BCUT2D eigenvalue weighted by Gasteiger charge is 2.18. The third kappa shape index (κ3) is 3.87. The van der Waals surface area contributed by atoms with Crippen LogP contribution in [0, 0.1) is 5.92 Å². The first-order valence-corrected chi connectivity index (χ1v) is 5.29. The number of rotatable bonds is 6. The highest BCUT2D eigenvalue weighted by atomic mass is 16.5. The third-order valence-corrected chi connectivity index (χ3v) is 2.29. The van der Waals surface area contributed by atoms with Crippen molar-refractivity contribution in [3.63, 3.8) is 0 Å². The molecule has 0 bridgehead atoms. The van der Waals surface area contributed by atoms with Crippen molar-refractivity contribution in [3.8, 4) is 0 Å². The van der Waals surface area contributed by atoms with Gasteiger partial charge in [0.2, 0.25) is 0 Å². The van der Waals surface area contributed by atoms with Crippen molar-refractivity contribution in [1.29, 1.82) is 0 Å². The van der Waals surface area contributed by atoms with Crippen LogP contribution in [0.15, 0.2) is 43.0 Å². The molecule has 0 saturated heterocycles. The highest BCUT2D eigenvalue weighted by Crippen LogP contribution is 2.09. The summed E-state index contributed by atoms with van der Waals surface area (Å²) < 4.78 is 4.98. The lowest BCUT2D eigenvalue weighted by Gasteiger charge is -2.13. The Kier molecular flexibility index (Phi) is 5.29. The van der Waals surface area contributed by atoms with Crippen molar-refractivity contribution in [2.24, 2.45) is 11.7 Å². The molecule has 0 aliphatic carbocycles. The minimum Gasteiger partial charge on any atom is -0.461 e. The van der Waals surface area contributed by atoms with Crippen LogP contribution < -0.4 is 5.73 Å². The molecule has 3 nitrogen and oxygen atoms in total. The average Bonchev–Trinajstić information content (AvgIpc) is 2.34. The van der Waals surface area contributed by atoms with Crippen molar-refractivity contribution in [2.75, 3.05) is 13.2 Å². The molecule has 1 unspecified atom stereocenters. The van der Waals surface area contributed by atoms with Gasteiger partial charge in [0.25, 0.3) is 0 Å². The smallest absolute Gasteiger partial charge is 0.310 e. The Morgan fingerprint density at radius 2 is 2.12 bits per heavy atom. The van der Waals surface area contributed by atoms with Crippen LogP contribution >= 0.6 is 0 Å². The Bertz CT molecular complexity index is 335. The lowest BCUT2D eigenvalue weighted by atomic mass is 10.00. The molecule has 0 amide bonds. The number of carbonyl (C=O) groups excluding carboxylic acids is 1. The molecular weight excluding hydrogens is 202 g/mol. The molecule has 0 fully saturated rings. The normalized spacial score (nSPS) is 11.8. The topological polar surface area (TPSA) is 52.3 Å². The number of hydrogen-bond donors (Lipinski definition) is 1. The van der Waals surface area contributed by atoms with Crippen molar-refractivity contribution in [1.82, 2.24) is 0 Å². The summed E-state index contributed by atoms with van der Waals surface area (Å²) in [6.45, 7) is 4.03. The third-order valence-electron chi connectivity index (χ3n) is 2.29. The van der Waals surface area contributed by atoms with E-state index in [2.05, 4.69) is 6.58 Å². The van der Waals surface area contributed by atoms with Gasteiger partial charge in [0.15, 0.2) is 0 Å². The molecule has 1 aromatic carbocycles. The molecule has 0 aliphatic heterocycles. The number of carbonyl (C=O) groups is 1. The number of ether oxygens (including phenoxy) is 1. The zero-order valence-corrected chi connectivity index (χ0v) is 9.26.